The van der Waals surface area contributed by atoms with Gasteiger partial charge in [0, 0.05) is 55.5 Å². The smallest absolute Gasteiger partial charge is 0.152 e. The summed E-state index contributed by atoms with van der Waals surface area (Å²) in [4.78, 5) is 21.0. The van der Waals surface area contributed by atoms with Crippen LogP contribution in [0.25, 0.3) is 11.0 Å². The molecule has 0 spiro atoms. The van der Waals surface area contributed by atoms with Crippen LogP contribution in [0.3, 0.4) is 0 Å². The lowest BCUT2D eigenvalue weighted by molar-refractivity contribution is 0.579. The zero-order valence-electron chi connectivity index (χ0n) is 16.8. The number of pyridine rings is 1. The van der Waals surface area contributed by atoms with Crippen LogP contribution in [0.5, 0.6) is 0 Å². The number of nitrogens with one attached hydrogen (secondary N) is 1. The van der Waals surface area contributed by atoms with E-state index >= 15 is 0 Å². The highest BCUT2D eigenvalue weighted by Gasteiger charge is 2.34. The van der Waals surface area contributed by atoms with E-state index in [0.717, 1.165) is 40.2 Å². The average molecular weight is 447 g/mol. The quantitative estimate of drug-likeness (QED) is 0.618. The van der Waals surface area contributed by atoms with E-state index < -0.39 is 9.84 Å². The van der Waals surface area contributed by atoms with Crippen LogP contribution < -0.4 is 9.80 Å². The van der Waals surface area contributed by atoms with Crippen molar-refractivity contribution in [1.29, 1.82) is 0 Å². The number of aromatic amines is 1. The van der Waals surface area contributed by atoms with Crippen molar-refractivity contribution in [2.45, 2.75) is 37.6 Å². The van der Waals surface area contributed by atoms with Gasteiger partial charge in [-0.3, -0.25) is 0 Å². The molecule has 8 nitrogen and oxygen atoms in total. The van der Waals surface area contributed by atoms with Crippen molar-refractivity contribution >= 4 is 44.0 Å². The van der Waals surface area contributed by atoms with Crippen molar-refractivity contribution < 1.29 is 8.42 Å². The molecule has 10 heteroatoms. The lowest BCUT2D eigenvalue weighted by Gasteiger charge is -2.38. The molecule has 0 bridgehead atoms. The van der Waals surface area contributed by atoms with Gasteiger partial charge in [-0.2, -0.15) is 0 Å². The van der Waals surface area contributed by atoms with Crippen LogP contribution in [0, 0.1) is 0 Å². The van der Waals surface area contributed by atoms with Gasteiger partial charge < -0.3 is 14.8 Å². The number of halogens is 1. The number of nitrogens with zero attached hydrogens (tertiary/aromatic N) is 5. The first-order valence-electron chi connectivity index (χ1n) is 9.98. The Morgan fingerprint density at radius 2 is 2.13 bits per heavy atom. The van der Waals surface area contributed by atoms with E-state index in [4.69, 9.17) is 11.6 Å². The van der Waals surface area contributed by atoms with Gasteiger partial charge in [-0.1, -0.05) is 11.6 Å². The molecule has 2 aliphatic rings. The number of hydrogen-bond donors (Lipinski definition) is 1. The van der Waals surface area contributed by atoms with E-state index in [1.54, 1.807) is 6.33 Å². The molecular formula is C20H23ClN6O2S. The minimum absolute atomic E-state index is 0.221. The third-order valence-corrected chi connectivity index (χ3v) is 7.99. The predicted octanol–water partition coefficient (Wildman–Crippen LogP) is 2.58. The molecule has 0 radical (unpaired) electrons. The van der Waals surface area contributed by atoms with E-state index in [-0.39, 0.29) is 11.3 Å². The van der Waals surface area contributed by atoms with Crippen LogP contribution in [0.15, 0.2) is 24.7 Å². The predicted molar refractivity (Wildman–Crippen MR) is 118 cm³/mol. The van der Waals surface area contributed by atoms with Crippen LogP contribution in [-0.4, -0.2) is 59.0 Å². The van der Waals surface area contributed by atoms with E-state index in [0.29, 0.717) is 31.2 Å². The first-order valence-corrected chi connectivity index (χ1v) is 12.3. The van der Waals surface area contributed by atoms with Gasteiger partial charge in [-0.05, 0) is 25.5 Å². The summed E-state index contributed by atoms with van der Waals surface area (Å²) < 4.78 is 24.0. The molecular weight excluding hydrogens is 424 g/mol. The highest BCUT2D eigenvalue weighted by molar-refractivity contribution is 7.91. The maximum Gasteiger partial charge on any atom is 0.152 e. The van der Waals surface area contributed by atoms with Crippen molar-refractivity contribution in [3.8, 4) is 0 Å². The molecule has 1 saturated heterocycles. The van der Waals surface area contributed by atoms with Gasteiger partial charge >= 0.3 is 0 Å². The van der Waals surface area contributed by atoms with Crippen molar-refractivity contribution in [3.63, 3.8) is 0 Å². The number of sulfone groups is 1. The highest BCUT2D eigenvalue weighted by atomic mass is 35.5. The van der Waals surface area contributed by atoms with Gasteiger partial charge in [0.15, 0.2) is 9.84 Å². The zero-order chi connectivity index (χ0) is 21.0. The van der Waals surface area contributed by atoms with E-state index in [1.165, 1.54) is 6.26 Å². The second kappa shape index (κ2) is 7.09. The summed E-state index contributed by atoms with van der Waals surface area (Å²) in [5.74, 6) is 0.841. The largest absolute Gasteiger partial charge is 0.363 e. The Kier molecular flexibility index (Phi) is 4.62. The second-order valence-corrected chi connectivity index (χ2v) is 10.9. The maximum absolute atomic E-state index is 12.0. The Morgan fingerprint density at radius 3 is 2.90 bits per heavy atom. The van der Waals surface area contributed by atoms with Crippen LogP contribution in [0.4, 0.5) is 11.5 Å². The molecule has 2 aliphatic heterocycles. The maximum atomic E-state index is 12.0. The van der Waals surface area contributed by atoms with E-state index in [2.05, 4.69) is 36.7 Å². The standard InChI is InChI=1S/C20H23ClN6O2S/c1-12-7-16-15(10-27(12)17-8-18(21)25-19-14(17)3-5-22-19)20(24-11-23-16)26-6-4-13(9-26)30(2,28)29/h3,5,8,11-13H,4,6-7,9-10H2,1-2H3,(H,22,25)/t12-,13+/m1/s1. The number of hydrogen-bond acceptors (Lipinski definition) is 7. The molecule has 3 aromatic rings. The lowest BCUT2D eigenvalue weighted by Crippen LogP contribution is -2.40. The van der Waals surface area contributed by atoms with Gasteiger partial charge in [0.05, 0.1) is 16.6 Å². The van der Waals surface area contributed by atoms with Crippen molar-refractivity contribution in [1.82, 2.24) is 19.9 Å². The first-order chi connectivity index (χ1) is 14.3. The number of anilines is 2. The molecule has 0 unspecified atom stereocenters. The van der Waals surface area contributed by atoms with E-state index in [1.807, 2.05) is 18.3 Å². The topological polar surface area (TPSA) is 95.1 Å². The summed E-state index contributed by atoms with van der Waals surface area (Å²) in [6.07, 6.45) is 6.18. The Bertz CT molecular complexity index is 1230. The Morgan fingerprint density at radius 1 is 1.30 bits per heavy atom. The summed E-state index contributed by atoms with van der Waals surface area (Å²) in [5, 5.41) is 1.12. The normalized spacial score (nSPS) is 22.0. The third kappa shape index (κ3) is 3.30. The molecule has 0 saturated carbocycles. The van der Waals surface area contributed by atoms with Gasteiger partial charge in [0.2, 0.25) is 0 Å². The molecule has 3 aromatic heterocycles. The second-order valence-electron chi connectivity index (χ2n) is 8.19. The van der Waals surface area contributed by atoms with Crippen molar-refractivity contribution in [3.05, 3.63) is 41.1 Å². The van der Waals surface area contributed by atoms with Gasteiger partial charge in [0.1, 0.15) is 22.9 Å². The molecule has 158 valence electrons. The van der Waals surface area contributed by atoms with Crippen molar-refractivity contribution in [2.75, 3.05) is 29.1 Å². The Hall–Kier alpha value is -2.39. The summed E-state index contributed by atoms with van der Waals surface area (Å²) in [6, 6.07) is 4.13. The Labute approximate surface area is 180 Å². The fourth-order valence-electron chi connectivity index (χ4n) is 4.58. The van der Waals surface area contributed by atoms with Gasteiger partial charge in [-0.25, -0.2) is 23.4 Å². The molecule has 30 heavy (non-hydrogen) atoms. The molecule has 1 N–H and O–H groups in total. The molecule has 0 aliphatic carbocycles. The van der Waals surface area contributed by atoms with Crippen LogP contribution >= 0.6 is 11.6 Å². The Balaban J connectivity index is 1.53. The summed E-state index contributed by atoms with van der Waals surface area (Å²) in [7, 11) is -3.07. The zero-order valence-corrected chi connectivity index (χ0v) is 18.4. The minimum Gasteiger partial charge on any atom is -0.363 e. The molecule has 2 atom stereocenters. The fourth-order valence-corrected chi connectivity index (χ4v) is 5.76. The van der Waals surface area contributed by atoms with Gasteiger partial charge in [-0.15, -0.1) is 0 Å². The number of aromatic nitrogens is 4. The molecule has 0 amide bonds. The van der Waals surface area contributed by atoms with Crippen LogP contribution in [0.2, 0.25) is 5.15 Å². The first kappa shape index (κ1) is 19.6. The molecule has 1 fully saturated rings. The highest BCUT2D eigenvalue weighted by Crippen LogP contribution is 2.37. The van der Waals surface area contributed by atoms with Crippen molar-refractivity contribution in [2.24, 2.45) is 0 Å². The molecule has 5 heterocycles. The third-order valence-electron chi connectivity index (χ3n) is 6.20. The molecule has 0 aromatic carbocycles. The monoisotopic (exact) mass is 446 g/mol. The minimum atomic E-state index is -3.07. The summed E-state index contributed by atoms with van der Waals surface area (Å²) in [6.45, 7) is 3.96. The number of rotatable bonds is 3. The average Bonchev–Trinajstić information content (AvgIpc) is 3.35. The van der Waals surface area contributed by atoms with Crippen LogP contribution in [0.1, 0.15) is 24.6 Å². The fraction of sp³-hybridized carbons (Fsp3) is 0.450. The summed E-state index contributed by atoms with van der Waals surface area (Å²) in [5.41, 5.74) is 3.86. The van der Waals surface area contributed by atoms with Gasteiger partial charge in [0.25, 0.3) is 0 Å². The lowest BCUT2D eigenvalue weighted by atomic mass is 9.98. The molecule has 5 rings (SSSR count). The van der Waals surface area contributed by atoms with E-state index in [9.17, 15) is 8.42 Å². The SMILES string of the molecule is C[C@@H]1Cc2ncnc(N3CC[C@H](S(C)(=O)=O)C3)c2CN1c1cc(Cl)nc2[nH]ccc12. The number of H-pyrrole nitrogens is 1. The number of fused-ring (bicyclic) bond motifs is 2. The summed E-state index contributed by atoms with van der Waals surface area (Å²) >= 11 is 6.29. The van der Waals surface area contributed by atoms with Crippen LogP contribution in [-0.2, 0) is 22.8 Å².